The Morgan fingerprint density at radius 2 is 1.80 bits per heavy atom. The van der Waals surface area contributed by atoms with Crippen LogP contribution in [0.2, 0.25) is 0 Å². The van der Waals surface area contributed by atoms with Gasteiger partial charge in [0.05, 0.1) is 6.10 Å². The molecular weight excluding hydrogens is 250 g/mol. The minimum absolute atomic E-state index is 0.208. The van der Waals surface area contributed by atoms with Gasteiger partial charge in [0.1, 0.15) is 5.75 Å². The molecule has 0 aliphatic rings. The number of hydrogen-bond acceptors (Lipinski definition) is 2. The van der Waals surface area contributed by atoms with Gasteiger partial charge >= 0.3 is 0 Å². The summed E-state index contributed by atoms with van der Waals surface area (Å²) in [5.74, 6) is 1.55. The van der Waals surface area contributed by atoms with Crippen molar-refractivity contribution in [3.05, 3.63) is 29.8 Å². The Morgan fingerprint density at radius 1 is 1.20 bits per heavy atom. The van der Waals surface area contributed by atoms with Gasteiger partial charge in [-0.25, -0.2) is 0 Å². The molecule has 0 aliphatic heterocycles. The smallest absolute Gasteiger partial charge is 0.191 e. The molecule has 0 aromatic heterocycles. The molecule has 0 spiro atoms. The summed E-state index contributed by atoms with van der Waals surface area (Å²) in [6, 6.07) is 8.18. The fourth-order valence-electron chi connectivity index (χ4n) is 1.95. The van der Waals surface area contributed by atoms with E-state index in [9.17, 15) is 0 Å². The van der Waals surface area contributed by atoms with Crippen LogP contribution in [-0.2, 0) is 6.42 Å². The largest absolute Gasteiger partial charge is 0.491 e. The Morgan fingerprint density at radius 3 is 2.30 bits per heavy atom. The average Bonchev–Trinajstić information content (AvgIpc) is 2.41. The highest BCUT2D eigenvalue weighted by molar-refractivity contribution is 5.77. The topological polar surface area (TPSA) is 50.8 Å². The zero-order valence-corrected chi connectivity index (χ0v) is 13.1. The molecule has 4 heteroatoms. The quantitative estimate of drug-likeness (QED) is 0.616. The molecule has 20 heavy (non-hydrogen) atoms. The Bertz CT molecular complexity index is 408. The van der Waals surface area contributed by atoms with Crippen molar-refractivity contribution in [2.24, 2.45) is 10.7 Å². The molecule has 0 saturated heterocycles. The molecule has 0 bridgehead atoms. The van der Waals surface area contributed by atoms with Crippen LogP contribution in [-0.4, -0.2) is 36.6 Å². The van der Waals surface area contributed by atoms with E-state index in [0.717, 1.165) is 25.3 Å². The molecule has 1 aromatic rings. The number of aliphatic imine (C=N–C) groups is 1. The van der Waals surface area contributed by atoms with Crippen molar-refractivity contribution >= 4 is 5.96 Å². The highest BCUT2D eigenvalue weighted by Gasteiger charge is 2.02. The van der Waals surface area contributed by atoms with Crippen molar-refractivity contribution in [3.8, 4) is 5.75 Å². The molecule has 0 atom stereocenters. The lowest BCUT2D eigenvalue weighted by atomic mass is 10.1. The number of hydrogen-bond donors (Lipinski definition) is 1. The average molecular weight is 277 g/mol. The predicted molar refractivity (Wildman–Crippen MR) is 85.3 cm³/mol. The SMILES string of the molecule is CCN(CC)C(N)=NCCc1ccc(OC(C)C)cc1. The summed E-state index contributed by atoms with van der Waals surface area (Å²) in [5.41, 5.74) is 7.19. The Balaban J connectivity index is 2.47. The first-order valence-electron chi connectivity index (χ1n) is 7.37. The molecule has 0 unspecified atom stereocenters. The lowest BCUT2D eigenvalue weighted by Gasteiger charge is -2.19. The fourth-order valence-corrected chi connectivity index (χ4v) is 1.95. The summed E-state index contributed by atoms with van der Waals surface area (Å²) >= 11 is 0. The zero-order valence-electron chi connectivity index (χ0n) is 13.1. The lowest BCUT2D eigenvalue weighted by Crippen LogP contribution is -2.37. The van der Waals surface area contributed by atoms with Gasteiger partial charge in [0.25, 0.3) is 0 Å². The molecule has 0 saturated carbocycles. The predicted octanol–water partition coefficient (Wildman–Crippen LogP) is 2.67. The number of benzene rings is 1. The van der Waals surface area contributed by atoms with Crippen molar-refractivity contribution in [1.82, 2.24) is 4.90 Å². The molecule has 0 fully saturated rings. The Kier molecular flexibility index (Phi) is 6.91. The number of nitrogens with two attached hydrogens (primary N) is 1. The van der Waals surface area contributed by atoms with Crippen LogP contribution in [0.25, 0.3) is 0 Å². The third kappa shape index (κ3) is 5.51. The third-order valence-electron chi connectivity index (χ3n) is 3.06. The van der Waals surface area contributed by atoms with Gasteiger partial charge in [-0.3, -0.25) is 4.99 Å². The minimum atomic E-state index is 0.208. The van der Waals surface area contributed by atoms with E-state index in [1.807, 2.05) is 26.0 Å². The van der Waals surface area contributed by atoms with Crippen molar-refractivity contribution in [3.63, 3.8) is 0 Å². The van der Waals surface area contributed by atoms with Crippen LogP contribution >= 0.6 is 0 Å². The second kappa shape index (κ2) is 8.46. The fraction of sp³-hybridized carbons (Fsp3) is 0.562. The molecule has 2 N–H and O–H groups in total. The van der Waals surface area contributed by atoms with Crippen LogP contribution in [0.3, 0.4) is 0 Å². The molecular formula is C16H27N3O. The molecule has 1 rings (SSSR count). The van der Waals surface area contributed by atoms with Gasteiger partial charge in [0.2, 0.25) is 0 Å². The molecule has 112 valence electrons. The Hall–Kier alpha value is -1.71. The maximum absolute atomic E-state index is 5.94. The molecule has 0 radical (unpaired) electrons. The van der Waals surface area contributed by atoms with Gasteiger partial charge in [-0.05, 0) is 51.8 Å². The van der Waals surface area contributed by atoms with E-state index in [1.165, 1.54) is 5.56 Å². The van der Waals surface area contributed by atoms with E-state index in [0.29, 0.717) is 12.5 Å². The molecule has 4 nitrogen and oxygen atoms in total. The monoisotopic (exact) mass is 277 g/mol. The summed E-state index contributed by atoms with van der Waals surface area (Å²) in [6.45, 7) is 10.7. The summed E-state index contributed by atoms with van der Waals surface area (Å²) < 4.78 is 5.62. The van der Waals surface area contributed by atoms with E-state index < -0.39 is 0 Å². The third-order valence-corrected chi connectivity index (χ3v) is 3.06. The Labute approximate surface area is 122 Å². The van der Waals surface area contributed by atoms with E-state index >= 15 is 0 Å². The molecule has 0 amide bonds. The summed E-state index contributed by atoms with van der Waals surface area (Å²) in [5, 5.41) is 0. The van der Waals surface area contributed by atoms with E-state index in [4.69, 9.17) is 10.5 Å². The number of guanidine groups is 1. The van der Waals surface area contributed by atoms with Crippen molar-refractivity contribution in [1.29, 1.82) is 0 Å². The molecule has 1 aromatic carbocycles. The van der Waals surface area contributed by atoms with Crippen LogP contribution in [0.1, 0.15) is 33.3 Å². The first-order valence-corrected chi connectivity index (χ1v) is 7.37. The summed E-state index contributed by atoms with van der Waals surface area (Å²) in [4.78, 5) is 6.48. The van der Waals surface area contributed by atoms with E-state index in [-0.39, 0.29) is 6.10 Å². The van der Waals surface area contributed by atoms with E-state index in [2.05, 4.69) is 35.9 Å². The number of rotatable bonds is 7. The van der Waals surface area contributed by atoms with Crippen molar-refractivity contribution in [2.75, 3.05) is 19.6 Å². The lowest BCUT2D eigenvalue weighted by molar-refractivity contribution is 0.242. The van der Waals surface area contributed by atoms with Gasteiger partial charge < -0.3 is 15.4 Å². The number of ether oxygens (including phenoxy) is 1. The number of nitrogens with zero attached hydrogens (tertiary/aromatic N) is 2. The van der Waals surface area contributed by atoms with Gasteiger partial charge in [-0.15, -0.1) is 0 Å². The summed E-state index contributed by atoms with van der Waals surface area (Å²) in [7, 11) is 0. The molecule has 0 heterocycles. The van der Waals surface area contributed by atoms with Crippen molar-refractivity contribution < 1.29 is 4.74 Å². The van der Waals surface area contributed by atoms with Crippen LogP contribution in [0.5, 0.6) is 5.75 Å². The second-order valence-electron chi connectivity index (χ2n) is 4.97. The first kappa shape index (κ1) is 16.3. The molecule has 0 aliphatic carbocycles. The van der Waals surface area contributed by atoms with Crippen LogP contribution in [0.15, 0.2) is 29.3 Å². The van der Waals surface area contributed by atoms with Gasteiger partial charge in [-0.1, -0.05) is 12.1 Å². The van der Waals surface area contributed by atoms with Crippen molar-refractivity contribution in [2.45, 2.75) is 40.2 Å². The standard InChI is InChI=1S/C16H27N3O/c1-5-19(6-2)16(17)18-12-11-14-7-9-15(10-8-14)20-13(3)4/h7-10,13H,5-6,11-12H2,1-4H3,(H2,17,18). The van der Waals surface area contributed by atoms with Crippen LogP contribution in [0.4, 0.5) is 0 Å². The maximum Gasteiger partial charge on any atom is 0.191 e. The minimum Gasteiger partial charge on any atom is -0.491 e. The zero-order chi connectivity index (χ0) is 15.0. The normalized spacial score (nSPS) is 11.8. The van der Waals surface area contributed by atoms with Crippen LogP contribution < -0.4 is 10.5 Å². The highest BCUT2D eigenvalue weighted by atomic mass is 16.5. The van der Waals surface area contributed by atoms with Crippen LogP contribution in [0, 0.1) is 0 Å². The van der Waals surface area contributed by atoms with Gasteiger partial charge in [0.15, 0.2) is 5.96 Å². The van der Waals surface area contributed by atoms with Gasteiger partial charge in [0, 0.05) is 19.6 Å². The summed E-state index contributed by atoms with van der Waals surface area (Å²) in [6.07, 6.45) is 1.10. The van der Waals surface area contributed by atoms with E-state index in [1.54, 1.807) is 0 Å². The maximum atomic E-state index is 5.94. The highest BCUT2D eigenvalue weighted by Crippen LogP contribution is 2.14. The first-order chi connectivity index (χ1) is 9.56. The second-order valence-corrected chi connectivity index (χ2v) is 4.97. The van der Waals surface area contributed by atoms with Gasteiger partial charge in [-0.2, -0.15) is 0 Å².